The van der Waals surface area contributed by atoms with Crippen LogP contribution >= 0.6 is 0 Å². The topological polar surface area (TPSA) is 61.4 Å². The Morgan fingerprint density at radius 2 is 2.00 bits per heavy atom. The lowest BCUT2D eigenvalue weighted by Gasteiger charge is -2.22. The van der Waals surface area contributed by atoms with E-state index in [0.29, 0.717) is 18.7 Å². The van der Waals surface area contributed by atoms with Crippen LogP contribution < -0.4 is 10.6 Å². The molecule has 0 bridgehead atoms. The summed E-state index contributed by atoms with van der Waals surface area (Å²) in [6, 6.07) is 5.79. The SMILES string of the molecule is O=C1CN(C(=O)c2ccc3c(c2)CCCN3)CCCN1. The predicted molar refractivity (Wildman–Crippen MR) is 76.8 cm³/mol. The fourth-order valence-electron chi connectivity index (χ4n) is 2.77. The molecule has 1 saturated heterocycles. The first-order chi connectivity index (χ1) is 9.74. The van der Waals surface area contributed by atoms with Gasteiger partial charge in [-0.1, -0.05) is 0 Å². The molecule has 0 radical (unpaired) electrons. The van der Waals surface area contributed by atoms with Crippen molar-refractivity contribution in [2.75, 3.05) is 31.5 Å². The molecule has 0 aromatic heterocycles. The maximum Gasteiger partial charge on any atom is 0.254 e. The van der Waals surface area contributed by atoms with Gasteiger partial charge in [-0.25, -0.2) is 0 Å². The van der Waals surface area contributed by atoms with E-state index in [1.165, 1.54) is 5.56 Å². The number of amides is 2. The highest BCUT2D eigenvalue weighted by molar-refractivity contribution is 5.97. The van der Waals surface area contributed by atoms with Gasteiger partial charge in [-0.3, -0.25) is 9.59 Å². The Morgan fingerprint density at radius 1 is 1.15 bits per heavy atom. The summed E-state index contributed by atoms with van der Waals surface area (Å²) in [4.78, 5) is 25.7. The van der Waals surface area contributed by atoms with Crippen LogP contribution in [0.1, 0.15) is 28.8 Å². The molecule has 0 saturated carbocycles. The number of nitrogens with zero attached hydrogens (tertiary/aromatic N) is 1. The highest BCUT2D eigenvalue weighted by atomic mass is 16.2. The number of rotatable bonds is 1. The number of benzene rings is 1. The van der Waals surface area contributed by atoms with Gasteiger partial charge < -0.3 is 15.5 Å². The maximum atomic E-state index is 12.5. The van der Waals surface area contributed by atoms with Crippen molar-refractivity contribution in [3.05, 3.63) is 29.3 Å². The molecule has 5 heteroatoms. The summed E-state index contributed by atoms with van der Waals surface area (Å²) in [5, 5.41) is 6.12. The van der Waals surface area contributed by atoms with Gasteiger partial charge in [-0.2, -0.15) is 0 Å². The van der Waals surface area contributed by atoms with E-state index in [4.69, 9.17) is 0 Å². The first-order valence-corrected chi connectivity index (χ1v) is 7.17. The number of fused-ring (bicyclic) bond motifs is 1. The minimum absolute atomic E-state index is 0.0459. The third kappa shape index (κ3) is 2.61. The van der Waals surface area contributed by atoms with Crippen molar-refractivity contribution in [3.8, 4) is 0 Å². The van der Waals surface area contributed by atoms with Crippen LogP contribution in [0.2, 0.25) is 0 Å². The third-order valence-electron chi connectivity index (χ3n) is 3.84. The molecule has 0 aliphatic carbocycles. The van der Waals surface area contributed by atoms with Crippen LogP contribution in [0.25, 0.3) is 0 Å². The molecule has 0 atom stereocenters. The van der Waals surface area contributed by atoms with Gasteiger partial charge in [0.15, 0.2) is 0 Å². The van der Waals surface area contributed by atoms with Crippen molar-refractivity contribution in [3.63, 3.8) is 0 Å². The number of carbonyl (C=O) groups excluding carboxylic acids is 2. The molecule has 2 heterocycles. The Morgan fingerprint density at radius 3 is 2.90 bits per heavy atom. The van der Waals surface area contributed by atoms with Crippen LogP contribution in [-0.4, -0.2) is 42.9 Å². The van der Waals surface area contributed by atoms with Crippen LogP contribution in [0.3, 0.4) is 0 Å². The van der Waals surface area contributed by atoms with Crippen LogP contribution in [-0.2, 0) is 11.2 Å². The summed E-state index contributed by atoms with van der Waals surface area (Å²) in [6.45, 7) is 2.43. The minimum Gasteiger partial charge on any atom is -0.385 e. The first kappa shape index (κ1) is 13.0. The maximum absolute atomic E-state index is 12.5. The fourth-order valence-corrected chi connectivity index (χ4v) is 2.77. The monoisotopic (exact) mass is 273 g/mol. The smallest absolute Gasteiger partial charge is 0.254 e. The normalized spacial score (nSPS) is 18.6. The van der Waals surface area contributed by atoms with Crippen LogP contribution in [0.15, 0.2) is 18.2 Å². The van der Waals surface area contributed by atoms with E-state index in [0.717, 1.165) is 31.5 Å². The highest BCUT2D eigenvalue weighted by Crippen LogP contribution is 2.23. The van der Waals surface area contributed by atoms with Crippen LogP contribution in [0.4, 0.5) is 5.69 Å². The molecule has 1 aromatic carbocycles. The lowest BCUT2D eigenvalue weighted by Crippen LogP contribution is -2.37. The molecular weight excluding hydrogens is 254 g/mol. The van der Waals surface area contributed by atoms with Gasteiger partial charge in [0.05, 0.1) is 6.54 Å². The number of hydrogen-bond donors (Lipinski definition) is 2. The number of nitrogens with one attached hydrogen (secondary N) is 2. The van der Waals surface area contributed by atoms with E-state index >= 15 is 0 Å². The van der Waals surface area contributed by atoms with Gasteiger partial charge in [-0.05, 0) is 43.0 Å². The summed E-state index contributed by atoms with van der Waals surface area (Å²) >= 11 is 0. The van der Waals surface area contributed by atoms with E-state index in [1.54, 1.807) is 4.90 Å². The molecule has 1 fully saturated rings. The second-order valence-electron chi connectivity index (χ2n) is 5.33. The average Bonchev–Trinajstić information content (AvgIpc) is 2.70. The molecule has 106 valence electrons. The second kappa shape index (κ2) is 5.53. The Hall–Kier alpha value is -2.04. The minimum atomic E-state index is -0.0736. The predicted octanol–water partition coefficient (Wildman–Crippen LogP) is 1.01. The molecule has 0 unspecified atom stereocenters. The zero-order valence-corrected chi connectivity index (χ0v) is 11.4. The molecule has 3 rings (SSSR count). The third-order valence-corrected chi connectivity index (χ3v) is 3.84. The summed E-state index contributed by atoms with van der Waals surface area (Å²) in [5.41, 5.74) is 3.00. The van der Waals surface area contributed by atoms with Gasteiger partial charge >= 0.3 is 0 Å². The van der Waals surface area contributed by atoms with Crippen LogP contribution in [0.5, 0.6) is 0 Å². The van der Waals surface area contributed by atoms with Gasteiger partial charge in [0.2, 0.25) is 5.91 Å². The van der Waals surface area contributed by atoms with E-state index < -0.39 is 0 Å². The molecule has 20 heavy (non-hydrogen) atoms. The van der Waals surface area contributed by atoms with Crippen molar-refractivity contribution in [1.29, 1.82) is 0 Å². The number of carbonyl (C=O) groups is 2. The molecule has 1 aromatic rings. The Labute approximate surface area is 118 Å². The standard InChI is InChI=1S/C15H19N3O2/c19-14-10-18(8-2-7-17-14)15(20)12-4-5-13-11(9-12)3-1-6-16-13/h4-5,9,16H,1-3,6-8,10H2,(H,17,19). The lowest BCUT2D eigenvalue weighted by molar-refractivity contribution is -0.121. The number of hydrogen-bond acceptors (Lipinski definition) is 3. The molecule has 2 aliphatic rings. The summed E-state index contributed by atoms with van der Waals surface area (Å²) in [7, 11) is 0. The van der Waals surface area contributed by atoms with Crippen molar-refractivity contribution in [2.45, 2.75) is 19.3 Å². The molecule has 2 aliphatic heterocycles. The lowest BCUT2D eigenvalue weighted by atomic mass is 10.0. The van der Waals surface area contributed by atoms with Crippen molar-refractivity contribution in [1.82, 2.24) is 10.2 Å². The van der Waals surface area contributed by atoms with Gasteiger partial charge in [0, 0.05) is 30.9 Å². The first-order valence-electron chi connectivity index (χ1n) is 7.17. The Balaban J connectivity index is 1.80. The summed E-state index contributed by atoms with van der Waals surface area (Å²) in [5.74, 6) is -0.120. The molecule has 2 amide bonds. The van der Waals surface area contributed by atoms with Gasteiger partial charge in [-0.15, -0.1) is 0 Å². The molecule has 0 spiro atoms. The second-order valence-corrected chi connectivity index (χ2v) is 5.33. The van der Waals surface area contributed by atoms with Crippen molar-refractivity contribution >= 4 is 17.5 Å². The van der Waals surface area contributed by atoms with Crippen LogP contribution in [0, 0.1) is 0 Å². The molecule has 5 nitrogen and oxygen atoms in total. The van der Waals surface area contributed by atoms with E-state index in [2.05, 4.69) is 10.6 Å². The van der Waals surface area contributed by atoms with Gasteiger partial charge in [0.1, 0.15) is 0 Å². The van der Waals surface area contributed by atoms with E-state index in [1.807, 2.05) is 18.2 Å². The zero-order chi connectivity index (χ0) is 13.9. The van der Waals surface area contributed by atoms with Gasteiger partial charge in [0.25, 0.3) is 5.91 Å². The number of aryl methyl sites for hydroxylation is 1. The van der Waals surface area contributed by atoms with E-state index in [9.17, 15) is 9.59 Å². The number of anilines is 1. The molecular formula is C15H19N3O2. The van der Waals surface area contributed by atoms with Crippen molar-refractivity contribution in [2.24, 2.45) is 0 Å². The summed E-state index contributed by atoms with van der Waals surface area (Å²) in [6.07, 6.45) is 2.91. The zero-order valence-electron chi connectivity index (χ0n) is 11.4. The van der Waals surface area contributed by atoms with Crippen molar-refractivity contribution < 1.29 is 9.59 Å². The quantitative estimate of drug-likeness (QED) is 0.802. The van der Waals surface area contributed by atoms with E-state index in [-0.39, 0.29) is 18.4 Å². The fraction of sp³-hybridized carbons (Fsp3) is 0.467. The summed E-state index contributed by atoms with van der Waals surface area (Å²) < 4.78 is 0. The molecule has 2 N–H and O–H groups in total. The Kier molecular flexibility index (Phi) is 3.58. The highest BCUT2D eigenvalue weighted by Gasteiger charge is 2.22. The average molecular weight is 273 g/mol. The largest absolute Gasteiger partial charge is 0.385 e. The Bertz CT molecular complexity index is 542.